The molecule has 0 radical (unpaired) electrons. The minimum Gasteiger partial charge on any atom is -0.388 e. The van der Waals surface area contributed by atoms with Crippen molar-refractivity contribution in [1.29, 1.82) is 0 Å². The summed E-state index contributed by atoms with van der Waals surface area (Å²) in [5.41, 5.74) is 3.02. The number of halogens is 1. The van der Waals surface area contributed by atoms with Crippen molar-refractivity contribution in [3.8, 4) is 0 Å². The largest absolute Gasteiger partial charge is 0.388 e. The van der Waals surface area contributed by atoms with Gasteiger partial charge in [-0.2, -0.15) is 0 Å². The molecule has 0 saturated heterocycles. The molecule has 1 aromatic carbocycles. The first-order valence-corrected chi connectivity index (χ1v) is 4.88. The van der Waals surface area contributed by atoms with Crippen LogP contribution in [-0.4, -0.2) is 5.11 Å². The Hall–Kier alpha value is -0.530. The van der Waals surface area contributed by atoms with Crippen molar-refractivity contribution in [3.63, 3.8) is 0 Å². The standard InChI is InChI=1S/C11H15ClO/c1-4-10(13)9-6-7(2)5-8(3)11(9)12/h5-6,10,13H,4H2,1-3H3. The van der Waals surface area contributed by atoms with Crippen molar-refractivity contribution < 1.29 is 5.11 Å². The van der Waals surface area contributed by atoms with Gasteiger partial charge in [-0.15, -0.1) is 0 Å². The van der Waals surface area contributed by atoms with Gasteiger partial charge in [-0.1, -0.05) is 36.2 Å². The molecular formula is C11H15ClO. The van der Waals surface area contributed by atoms with Crippen molar-refractivity contribution in [2.45, 2.75) is 33.3 Å². The molecule has 1 nitrogen and oxygen atoms in total. The van der Waals surface area contributed by atoms with Crippen LogP contribution in [0.15, 0.2) is 12.1 Å². The average Bonchev–Trinajstić information content (AvgIpc) is 2.10. The molecule has 0 spiro atoms. The molecular weight excluding hydrogens is 184 g/mol. The van der Waals surface area contributed by atoms with Crippen LogP contribution in [0.25, 0.3) is 0 Å². The Bertz CT molecular complexity index is 307. The highest BCUT2D eigenvalue weighted by Gasteiger charge is 2.11. The van der Waals surface area contributed by atoms with Crippen LogP contribution in [-0.2, 0) is 0 Å². The monoisotopic (exact) mass is 198 g/mol. The highest BCUT2D eigenvalue weighted by Crippen LogP contribution is 2.29. The van der Waals surface area contributed by atoms with Crippen LogP contribution in [0.1, 0.15) is 36.1 Å². The van der Waals surface area contributed by atoms with E-state index in [4.69, 9.17) is 11.6 Å². The number of rotatable bonds is 2. The number of benzene rings is 1. The van der Waals surface area contributed by atoms with E-state index in [-0.39, 0.29) is 0 Å². The third-order valence-electron chi connectivity index (χ3n) is 2.17. The molecule has 0 aromatic heterocycles. The van der Waals surface area contributed by atoms with Gasteiger partial charge in [0.25, 0.3) is 0 Å². The van der Waals surface area contributed by atoms with E-state index in [0.29, 0.717) is 11.4 Å². The first-order valence-electron chi connectivity index (χ1n) is 4.51. The maximum atomic E-state index is 9.67. The van der Waals surface area contributed by atoms with Crippen molar-refractivity contribution in [2.75, 3.05) is 0 Å². The minimum atomic E-state index is -0.439. The molecule has 0 bridgehead atoms. The van der Waals surface area contributed by atoms with E-state index < -0.39 is 6.10 Å². The van der Waals surface area contributed by atoms with Gasteiger partial charge in [-0.05, 0) is 31.4 Å². The lowest BCUT2D eigenvalue weighted by molar-refractivity contribution is 0.173. The topological polar surface area (TPSA) is 20.2 Å². The van der Waals surface area contributed by atoms with E-state index in [0.717, 1.165) is 16.7 Å². The van der Waals surface area contributed by atoms with E-state index in [2.05, 4.69) is 0 Å². The third kappa shape index (κ3) is 2.23. The van der Waals surface area contributed by atoms with E-state index in [1.807, 2.05) is 32.9 Å². The lowest BCUT2D eigenvalue weighted by Crippen LogP contribution is -1.98. The Morgan fingerprint density at radius 1 is 1.38 bits per heavy atom. The smallest absolute Gasteiger partial charge is 0.0802 e. The number of aliphatic hydroxyl groups is 1. The fraction of sp³-hybridized carbons (Fsp3) is 0.455. The second kappa shape index (κ2) is 4.12. The van der Waals surface area contributed by atoms with Crippen molar-refractivity contribution in [3.05, 3.63) is 33.8 Å². The Labute approximate surface area is 84.4 Å². The third-order valence-corrected chi connectivity index (χ3v) is 2.69. The summed E-state index contributed by atoms with van der Waals surface area (Å²) in [7, 11) is 0. The first kappa shape index (κ1) is 10.6. The normalized spacial score (nSPS) is 13.0. The molecule has 1 N–H and O–H groups in total. The molecule has 0 heterocycles. The lowest BCUT2D eigenvalue weighted by Gasteiger charge is -2.13. The van der Waals surface area contributed by atoms with E-state index in [1.165, 1.54) is 0 Å². The van der Waals surface area contributed by atoms with Crippen LogP contribution in [0.3, 0.4) is 0 Å². The second-order valence-electron chi connectivity index (χ2n) is 3.41. The number of hydrogen-bond donors (Lipinski definition) is 1. The second-order valence-corrected chi connectivity index (χ2v) is 3.79. The summed E-state index contributed by atoms with van der Waals surface area (Å²) in [4.78, 5) is 0. The molecule has 0 aliphatic rings. The fourth-order valence-corrected chi connectivity index (χ4v) is 1.68. The quantitative estimate of drug-likeness (QED) is 0.773. The summed E-state index contributed by atoms with van der Waals surface area (Å²) in [6, 6.07) is 3.97. The zero-order valence-corrected chi connectivity index (χ0v) is 9.02. The highest BCUT2D eigenvalue weighted by molar-refractivity contribution is 6.32. The van der Waals surface area contributed by atoms with Gasteiger partial charge in [-0.25, -0.2) is 0 Å². The van der Waals surface area contributed by atoms with Gasteiger partial charge in [0.1, 0.15) is 0 Å². The highest BCUT2D eigenvalue weighted by atomic mass is 35.5. The molecule has 0 amide bonds. The summed E-state index contributed by atoms with van der Waals surface area (Å²) < 4.78 is 0. The molecule has 1 unspecified atom stereocenters. The Morgan fingerprint density at radius 3 is 2.54 bits per heavy atom. The fourth-order valence-electron chi connectivity index (χ4n) is 1.45. The van der Waals surface area contributed by atoms with Crippen molar-refractivity contribution in [2.24, 2.45) is 0 Å². The Morgan fingerprint density at radius 2 is 2.00 bits per heavy atom. The van der Waals surface area contributed by atoms with Gasteiger partial charge in [-0.3, -0.25) is 0 Å². The molecule has 2 heteroatoms. The summed E-state index contributed by atoms with van der Waals surface area (Å²) in [6.07, 6.45) is 0.258. The van der Waals surface area contributed by atoms with Crippen LogP contribution in [0, 0.1) is 13.8 Å². The van der Waals surface area contributed by atoms with E-state index in [9.17, 15) is 5.11 Å². The van der Waals surface area contributed by atoms with Crippen LogP contribution < -0.4 is 0 Å². The lowest BCUT2D eigenvalue weighted by atomic mass is 10.0. The molecule has 72 valence electrons. The van der Waals surface area contributed by atoms with Gasteiger partial charge in [0.15, 0.2) is 0 Å². The summed E-state index contributed by atoms with van der Waals surface area (Å²) in [5, 5.41) is 10.4. The predicted molar refractivity (Wildman–Crippen MR) is 56.2 cm³/mol. The maximum absolute atomic E-state index is 9.67. The zero-order chi connectivity index (χ0) is 10.0. The van der Waals surface area contributed by atoms with Crippen molar-refractivity contribution >= 4 is 11.6 Å². The predicted octanol–water partition coefficient (Wildman–Crippen LogP) is 3.40. The molecule has 1 rings (SSSR count). The molecule has 0 aliphatic heterocycles. The van der Waals surface area contributed by atoms with Crippen LogP contribution in [0.4, 0.5) is 0 Å². The minimum absolute atomic E-state index is 0.439. The van der Waals surface area contributed by atoms with Gasteiger partial charge < -0.3 is 5.11 Å². The zero-order valence-electron chi connectivity index (χ0n) is 8.26. The summed E-state index contributed by atoms with van der Waals surface area (Å²) in [5.74, 6) is 0. The van der Waals surface area contributed by atoms with E-state index >= 15 is 0 Å². The summed E-state index contributed by atoms with van der Waals surface area (Å²) in [6.45, 7) is 5.91. The average molecular weight is 199 g/mol. The molecule has 13 heavy (non-hydrogen) atoms. The maximum Gasteiger partial charge on any atom is 0.0802 e. The van der Waals surface area contributed by atoms with Crippen LogP contribution in [0.5, 0.6) is 0 Å². The first-order chi connectivity index (χ1) is 6.06. The Balaban J connectivity index is 3.20. The molecule has 0 saturated carbocycles. The number of hydrogen-bond acceptors (Lipinski definition) is 1. The van der Waals surface area contributed by atoms with Gasteiger partial charge in [0.2, 0.25) is 0 Å². The van der Waals surface area contributed by atoms with Gasteiger partial charge >= 0.3 is 0 Å². The SMILES string of the molecule is CCC(O)c1cc(C)cc(C)c1Cl. The molecule has 1 aromatic rings. The van der Waals surface area contributed by atoms with Crippen molar-refractivity contribution in [1.82, 2.24) is 0 Å². The van der Waals surface area contributed by atoms with Gasteiger partial charge in [0, 0.05) is 5.02 Å². The molecule has 0 aliphatic carbocycles. The number of aliphatic hydroxyl groups excluding tert-OH is 1. The van der Waals surface area contributed by atoms with Crippen LogP contribution >= 0.6 is 11.6 Å². The Kier molecular flexibility index (Phi) is 3.34. The molecule has 1 atom stereocenters. The number of aryl methyl sites for hydroxylation is 2. The van der Waals surface area contributed by atoms with E-state index in [1.54, 1.807) is 0 Å². The van der Waals surface area contributed by atoms with Crippen LogP contribution in [0.2, 0.25) is 5.02 Å². The van der Waals surface area contributed by atoms with Gasteiger partial charge in [0.05, 0.1) is 6.10 Å². The molecule has 0 fully saturated rings. The summed E-state index contributed by atoms with van der Waals surface area (Å²) >= 11 is 6.08.